The van der Waals surface area contributed by atoms with E-state index in [0.717, 1.165) is 5.56 Å². The molecule has 0 bridgehead atoms. The number of ether oxygens (including phenoxy) is 1. The summed E-state index contributed by atoms with van der Waals surface area (Å²) in [5.74, 6) is -0.490. The van der Waals surface area contributed by atoms with Gasteiger partial charge in [-0.1, -0.05) is 18.2 Å². The van der Waals surface area contributed by atoms with Crippen molar-refractivity contribution in [3.8, 4) is 22.6 Å². The van der Waals surface area contributed by atoms with E-state index >= 15 is 0 Å². The topological polar surface area (TPSA) is 66.8 Å². The molecule has 0 unspecified atom stereocenters. The molecule has 0 aliphatic heterocycles. The van der Waals surface area contributed by atoms with Crippen molar-refractivity contribution in [1.82, 2.24) is 0 Å². The number of phenols is 1. The van der Waals surface area contributed by atoms with Gasteiger partial charge in [-0.2, -0.15) is 0 Å². The SMILES string of the molecule is CCOc1ccccc1-c1ccc(C(=O)O)cc1O. The molecule has 2 aromatic carbocycles. The number of para-hydroxylation sites is 1. The highest BCUT2D eigenvalue weighted by Crippen LogP contribution is 2.36. The van der Waals surface area contributed by atoms with E-state index in [1.807, 2.05) is 31.2 Å². The molecule has 2 N–H and O–H groups in total. The van der Waals surface area contributed by atoms with Crippen molar-refractivity contribution in [1.29, 1.82) is 0 Å². The van der Waals surface area contributed by atoms with Crippen LogP contribution < -0.4 is 4.74 Å². The second-order valence-electron chi connectivity index (χ2n) is 3.97. The number of hydrogen-bond acceptors (Lipinski definition) is 3. The van der Waals surface area contributed by atoms with E-state index in [1.54, 1.807) is 6.07 Å². The first-order valence-electron chi connectivity index (χ1n) is 5.92. The Labute approximate surface area is 110 Å². The van der Waals surface area contributed by atoms with Crippen LogP contribution in [-0.2, 0) is 0 Å². The maximum absolute atomic E-state index is 10.8. The smallest absolute Gasteiger partial charge is 0.335 e. The van der Waals surface area contributed by atoms with Crippen molar-refractivity contribution in [2.24, 2.45) is 0 Å². The van der Waals surface area contributed by atoms with Crippen LogP contribution in [-0.4, -0.2) is 22.8 Å². The Morgan fingerprint density at radius 1 is 1.16 bits per heavy atom. The number of benzene rings is 2. The largest absolute Gasteiger partial charge is 0.507 e. The molecule has 0 aliphatic rings. The van der Waals surface area contributed by atoms with Crippen molar-refractivity contribution < 1.29 is 19.7 Å². The number of carbonyl (C=O) groups is 1. The average Bonchev–Trinajstić information content (AvgIpc) is 2.40. The Morgan fingerprint density at radius 3 is 2.53 bits per heavy atom. The summed E-state index contributed by atoms with van der Waals surface area (Å²) in [4.78, 5) is 10.8. The molecular weight excluding hydrogens is 244 g/mol. The molecule has 0 aliphatic carbocycles. The summed E-state index contributed by atoms with van der Waals surface area (Å²) in [5.41, 5.74) is 1.34. The maximum atomic E-state index is 10.8. The Hall–Kier alpha value is -2.49. The summed E-state index contributed by atoms with van der Waals surface area (Å²) in [6.07, 6.45) is 0. The maximum Gasteiger partial charge on any atom is 0.335 e. The van der Waals surface area contributed by atoms with Crippen LogP contribution in [0, 0.1) is 0 Å². The third kappa shape index (κ3) is 2.68. The van der Waals surface area contributed by atoms with Crippen LogP contribution in [0.1, 0.15) is 17.3 Å². The monoisotopic (exact) mass is 258 g/mol. The third-order valence-electron chi connectivity index (χ3n) is 2.72. The molecule has 19 heavy (non-hydrogen) atoms. The fraction of sp³-hybridized carbons (Fsp3) is 0.133. The molecule has 0 radical (unpaired) electrons. The molecule has 0 fully saturated rings. The van der Waals surface area contributed by atoms with E-state index in [1.165, 1.54) is 12.1 Å². The Bertz CT molecular complexity index is 605. The molecule has 2 aromatic rings. The Balaban J connectivity index is 2.50. The first kappa shape index (κ1) is 13.0. The molecule has 4 nitrogen and oxygen atoms in total. The number of carboxylic acids is 1. The zero-order valence-corrected chi connectivity index (χ0v) is 10.5. The predicted molar refractivity (Wildman–Crippen MR) is 71.7 cm³/mol. The van der Waals surface area contributed by atoms with Gasteiger partial charge in [0.2, 0.25) is 0 Å². The summed E-state index contributed by atoms with van der Waals surface area (Å²) in [5, 5.41) is 18.8. The third-order valence-corrected chi connectivity index (χ3v) is 2.72. The van der Waals surface area contributed by atoms with Crippen molar-refractivity contribution >= 4 is 5.97 Å². The van der Waals surface area contributed by atoms with Crippen LogP contribution in [0.4, 0.5) is 0 Å². The van der Waals surface area contributed by atoms with Gasteiger partial charge in [-0.05, 0) is 31.2 Å². The zero-order valence-electron chi connectivity index (χ0n) is 10.5. The van der Waals surface area contributed by atoms with Gasteiger partial charge in [0.1, 0.15) is 11.5 Å². The van der Waals surface area contributed by atoms with E-state index in [0.29, 0.717) is 17.9 Å². The van der Waals surface area contributed by atoms with Crippen molar-refractivity contribution in [3.05, 3.63) is 48.0 Å². The minimum Gasteiger partial charge on any atom is -0.507 e. The van der Waals surface area contributed by atoms with E-state index in [2.05, 4.69) is 0 Å². The lowest BCUT2D eigenvalue weighted by molar-refractivity contribution is 0.0696. The number of phenolic OH excluding ortho intramolecular Hbond substituents is 1. The summed E-state index contributed by atoms with van der Waals surface area (Å²) in [6, 6.07) is 11.6. The van der Waals surface area contributed by atoms with Gasteiger partial charge < -0.3 is 14.9 Å². The minimum atomic E-state index is -1.07. The normalized spacial score (nSPS) is 10.2. The number of carboxylic acid groups (broad SMARTS) is 1. The van der Waals surface area contributed by atoms with Crippen molar-refractivity contribution in [2.75, 3.05) is 6.61 Å². The van der Waals surface area contributed by atoms with Gasteiger partial charge in [0.05, 0.1) is 12.2 Å². The van der Waals surface area contributed by atoms with Crippen molar-refractivity contribution in [3.63, 3.8) is 0 Å². The van der Waals surface area contributed by atoms with E-state index in [4.69, 9.17) is 9.84 Å². The van der Waals surface area contributed by atoms with Gasteiger partial charge in [0.25, 0.3) is 0 Å². The lowest BCUT2D eigenvalue weighted by Gasteiger charge is -2.11. The van der Waals surface area contributed by atoms with E-state index < -0.39 is 5.97 Å². The van der Waals surface area contributed by atoms with Crippen LogP contribution in [0.5, 0.6) is 11.5 Å². The van der Waals surface area contributed by atoms with Crippen LogP contribution >= 0.6 is 0 Å². The molecule has 2 rings (SSSR count). The molecule has 4 heteroatoms. The molecule has 0 amide bonds. The molecule has 98 valence electrons. The van der Waals surface area contributed by atoms with Crippen LogP contribution in [0.15, 0.2) is 42.5 Å². The standard InChI is InChI=1S/C15H14O4/c1-2-19-14-6-4-3-5-12(14)11-8-7-10(15(17)18)9-13(11)16/h3-9,16H,2H2,1H3,(H,17,18). The Kier molecular flexibility index (Phi) is 3.71. The van der Waals surface area contributed by atoms with Crippen LogP contribution in [0.2, 0.25) is 0 Å². The molecule has 0 atom stereocenters. The lowest BCUT2D eigenvalue weighted by Crippen LogP contribution is -1.97. The lowest BCUT2D eigenvalue weighted by atomic mass is 10.0. The van der Waals surface area contributed by atoms with Crippen LogP contribution in [0.25, 0.3) is 11.1 Å². The van der Waals surface area contributed by atoms with Gasteiger partial charge in [-0.3, -0.25) is 0 Å². The van der Waals surface area contributed by atoms with Crippen LogP contribution in [0.3, 0.4) is 0 Å². The molecule has 0 aromatic heterocycles. The highest BCUT2D eigenvalue weighted by molar-refractivity contribution is 5.90. The fourth-order valence-corrected chi connectivity index (χ4v) is 1.86. The molecule has 0 saturated carbocycles. The van der Waals surface area contributed by atoms with E-state index in [-0.39, 0.29) is 11.3 Å². The number of rotatable bonds is 4. The first-order valence-corrected chi connectivity index (χ1v) is 5.92. The quantitative estimate of drug-likeness (QED) is 0.884. The van der Waals surface area contributed by atoms with E-state index in [9.17, 15) is 9.90 Å². The summed E-state index contributed by atoms with van der Waals surface area (Å²) in [6.45, 7) is 2.40. The number of aromatic carboxylic acids is 1. The molecule has 0 saturated heterocycles. The summed E-state index contributed by atoms with van der Waals surface area (Å²) < 4.78 is 5.50. The summed E-state index contributed by atoms with van der Waals surface area (Å²) >= 11 is 0. The first-order chi connectivity index (χ1) is 9.13. The fourth-order valence-electron chi connectivity index (χ4n) is 1.86. The average molecular weight is 258 g/mol. The van der Waals surface area contributed by atoms with Gasteiger partial charge in [0, 0.05) is 11.1 Å². The second kappa shape index (κ2) is 5.44. The predicted octanol–water partition coefficient (Wildman–Crippen LogP) is 3.16. The van der Waals surface area contributed by atoms with Gasteiger partial charge in [-0.25, -0.2) is 4.79 Å². The molecular formula is C15H14O4. The Morgan fingerprint density at radius 2 is 1.89 bits per heavy atom. The number of hydrogen-bond donors (Lipinski definition) is 2. The highest BCUT2D eigenvalue weighted by Gasteiger charge is 2.12. The zero-order chi connectivity index (χ0) is 13.8. The molecule has 0 heterocycles. The van der Waals surface area contributed by atoms with Crippen molar-refractivity contribution in [2.45, 2.75) is 6.92 Å². The number of aromatic hydroxyl groups is 1. The van der Waals surface area contributed by atoms with Gasteiger partial charge in [-0.15, -0.1) is 0 Å². The molecule has 0 spiro atoms. The minimum absolute atomic E-state index is 0.0511. The van der Waals surface area contributed by atoms with Gasteiger partial charge >= 0.3 is 5.97 Å². The van der Waals surface area contributed by atoms with Gasteiger partial charge in [0.15, 0.2) is 0 Å². The highest BCUT2D eigenvalue weighted by atomic mass is 16.5. The second-order valence-corrected chi connectivity index (χ2v) is 3.97. The summed E-state index contributed by atoms with van der Waals surface area (Å²) in [7, 11) is 0.